The van der Waals surface area contributed by atoms with Gasteiger partial charge < -0.3 is 14.5 Å². The van der Waals surface area contributed by atoms with E-state index in [1.807, 2.05) is 23.7 Å². The van der Waals surface area contributed by atoms with Crippen LogP contribution in [0.1, 0.15) is 16.1 Å². The molecule has 2 N–H and O–H groups in total. The molecule has 0 saturated carbocycles. The molecule has 0 spiro atoms. The summed E-state index contributed by atoms with van der Waals surface area (Å²) < 4.78 is 10.5. The van der Waals surface area contributed by atoms with Gasteiger partial charge in [-0.3, -0.25) is 10.1 Å². The molecule has 0 aliphatic rings. The number of rotatable bonds is 5. The normalized spacial score (nSPS) is 10.3. The van der Waals surface area contributed by atoms with E-state index in [1.54, 1.807) is 23.9 Å². The topological polar surface area (TPSA) is 97.6 Å². The summed E-state index contributed by atoms with van der Waals surface area (Å²) in [5.74, 6) is -0.808. The molecule has 3 amide bonds. The van der Waals surface area contributed by atoms with Crippen molar-refractivity contribution in [1.29, 1.82) is 0 Å². The summed E-state index contributed by atoms with van der Waals surface area (Å²) in [6, 6.07) is 6.61. The quantitative estimate of drug-likeness (QED) is 0.810. The molecule has 0 bridgehead atoms. The van der Waals surface area contributed by atoms with Gasteiger partial charge in [0.05, 0.1) is 0 Å². The molecule has 2 aromatic rings. The molecule has 0 saturated heterocycles. The number of furan rings is 1. The number of hydrogen-bond donors (Lipinski definition) is 2. The Labute approximate surface area is 136 Å². The second kappa shape index (κ2) is 7.68. The van der Waals surface area contributed by atoms with Crippen LogP contribution in [0.5, 0.6) is 0 Å². The first-order chi connectivity index (χ1) is 11.1. The van der Waals surface area contributed by atoms with Gasteiger partial charge >= 0.3 is 12.0 Å². The molecule has 1 heterocycles. The van der Waals surface area contributed by atoms with Crippen molar-refractivity contribution in [2.75, 3.05) is 19.9 Å². The van der Waals surface area contributed by atoms with Crippen molar-refractivity contribution in [1.82, 2.24) is 10.6 Å². The number of amides is 3. The Morgan fingerprint density at radius 1 is 1.26 bits per heavy atom. The lowest BCUT2D eigenvalue weighted by atomic mass is 10.1. The lowest BCUT2D eigenvalue weighted by Gasteiger charge is -2.05. The highest BCUT2D eigenvalue weighted by Gasteiger charge is 2.22. The van der Waals surface area contributed by atoms with Crippen LogP contribution in [0.4, 0.5) is 4.79 Å². The number of para-hydroxylation sites is 1. The Hall–Kier alpha value is -2.48. The fourth-order valence-electron chi connectivity index (χ4n) is 1.97. The number of esters is 1. The number of hydrogen-bond acceptors (Lipinski definition) is 6. The number of ether oxygens (including phenoxy) is 1. The molecule has 1 aromatic heterocycles. The number of fused-ring (bicyclic) bond motifs is 1. The Kier molecular flexibility index (Phi) is 5.64. The largest absolute Gasteiger partial charge is 0.450 e. The number of carbonyl (C=O) groups excluding carboxylic acids is 3. The first kappa shape index (κ1) is 16.9. The first-order valence-corrected chi connectivity index (χ1v) is 8.14. The van der Waals surface area contributed by atoms with Gasteiger partial charge in [-0.25, -0.2) is 9.59 Å². The third-order valence-electron chi connectivity index (χ3n) is 2.99. The minimum Gasteiger partial charge on any atom is -0.450 e. The lowest BCUT2D eigenvalue weighted by molar-refractivity contribution is -0.123. The van der Waals surface area contributed by atoms with E-state index in [0.717, 1.165) is 10.9 Å². The van der Waals surface area contributed by atoms with Crippen LogP contribution in [0.15, 0.2) is 28.7 Å². The van der Waals surface area contributed by atoms with Gasteiger partial charge in [0.15, 0.2) is 6.61 Å². The van der Waals surface area contributed by atoms with E-state index in [2.05, 4.69) is 5.32 Å². The van der Waals surface area contributed by atoms with Crippen LogP contribution in [0, 0.1) is 0 Å². The average Bonchev–Trinajstić information content (AvgIpc) is 2.92. The van der Waals surface area contributed by atoms with E-state index in [1.165, 1.54) is 7.05 Å². The Morgan fingerprint density at radius 3 is 2.70 bits per heavy atom. The third-order valence-corrected chi connectivity index (χ3v) is 3.56. The maximum Gasteiger partial charge on any atom is 0.375 e. The summed E-state index contributed by atoms with van der Waals surface area (Å²) in [6.07, 6.45) is 1.91. The summed E-state index contributed by atoms with van der Waals surface area (Å²) >= 11 is 1.54. The maximum atomic E-state index is 12.2. The molecule has 1 aromatic carbocycles. The van der Waals surface area contributed by atoms with Crippen molar-refractivity contribution in [2.24, 2.45) is 0 Å². The third kappa shape index (κ3) is 4.04. The van der Waals surface area contributed by atoms with E-state index in [4.69, 9.17) is 9.15 Å². The van der Waals surface area contributed by atoms with Crippen LogP contribution in [-0.4, -0.2) is 37.8 Å². The van der Waals surface area contributed by atoms with Gasteiger partial charge in [-0.2, -0.15) is 11.8 Å². The fourth-order valence-corrected chi connectivity index (χ4v) is 2.55. The zero-order valence-electron chi connectivity index (χ0n) is 12.7. The first-order valence-electron chi connectivity index (χ1n) is 6.74. The molecule has 8 heteroatoms. The van der Waals surface area contributed by atoms with Crippen molar-refractivity contribution < 1.29 is 23.5 Å². The maximum absolute atomic E-state index is 12.2. The summed E-state index contributed by atoms with van der Waals surface area (Å²) in [4.78, 5) is 34.6. The zero-order chi connectivity index (χ0) is 16.8. The van der Waals surface area contributed by atoms with E-state index in [0.29, 0.717) is 11.3 Å². The van der Waals surface area contributed by atoms with E-state index < -0.39 is 24.5 Å². The summed E-state index contributed by atoms with van der Waals surface area (Å²) in [5.41, 5.74) is 1.31. The van der Waals surface area contributed by atoms with Gasteiger partial charge in [0.2, 0.25) is 5.76 Å². The number of thioether (sulfide) groups is 1. The van der Waals surface area contributed by atoms with Gasteiger partial charge in [0.1, 0.15) is 5.58 Å². The molecule has 0 aliphatic carbocycles. The molecule has 122 valence electrons. The molecule has 23 heavy (non-hydrogen) atoms. The minimum atomic E-state index is -0.739. The van der Waals surface area contributed by atoms with Crippen LogP contribution in [0.25, 0.3) is 11.0 Å². The van der Waals surface area contributed by atoms with Crippen LogP contribution < -0.4 is 10.6 Å². The number of benzene rings is 1. The molecule has 0 atom stereocenters. The highest BCUT2D eigenvalue weighted by Crippen LogP contribution is 2.29. The zero-order valence-corrected chi connectivity index (χ0v) is 13.5. The number of urea groups is 1. The Balaban J connectivity index is 2.13. The molecular formula is C15H16N2O5S. The van der Waals surface area contributed by atoms with E-state index in [9.17, 15) is 14.4 Å². The minimum absolute atomic E-state index is 0.0771. The number of imide groups is 1. The van der Waals surface area contributed by atoms with Crippen molar-refractivity contribution in [3.05, 3.63) is 35.6 Å². The van der Waals surface area contributed by atoms with Crippen LogP contribution in [0.3, 0.4) is 0 Å². The predicted molar refractivity (Wildman–Crippen MR) is 86.3 cm³/mol. The predicted octanol–water partition coefficient (Wildman–Crippen LogP) is 1.91. The van der Waals surface area contributed by atoms with Gasteiger partial charge in [0.25, 0.3) is 5.91 Å². The summed E-state index contributed by atoms with van der Waals surface area (Å²) in [5, 5.41) is 5.06. The Morgan fingerprint density at radius 2 is 2.00 bits per heavy atom. The van der Waals surface area contributed by atoms with Crippen molar-refractivity contribution in [3.63, 3.8) is 0 Å². The average molecular weight is 336 g/mol. The second-order valence-electron chi connectivity index (χ2n) is 4.54. The van der Waals surface area contributed by atoms with Crippen molar-refractivity contribution >= 4 is 40.6 Å². The van der Waals surface area contributed by atoms with Crippen molar-refractivity contribution in [2.45, 2.75) is 5.75 Å². The molecule has 0 fully saturated rings. The summed E-state index contributed by atoms with van der Waals surface area (Å²) in [6.45, 7) is -0.567. The Bertz CT molecular complexity index is 741. The number of nitrogens with one attached hydrogen (secondary N) is 2. The molecule has 7 nitrogen and oxygen atoms in total. The molecular weight excluding hydrogens is 320 g/mol. The van der Waals surface area contributed by atoms with E-state index >= 15 is 0 Å². The van der Waals surface area contributed by atoms with Crippen LogP contribution in [-0.2, 0) is 15.3 Å². The molecule has 2 rings (SSSR count). The highest BCUT2D eigenvalue weighted by atomic mass is 32.2. The summed E-state index contributed by atoms with van der Waals surface area (Å²) in [7, 11) is 1.37. The van der Waals surface area contributed by atoms with Crippen molar-refractivity contribution in [3.8, 4) is 0 Å². The SMILES string of the molecule is CNC(=O)NC(=O)COC(=O)c1oc2ccccc2c1CSC. The monoisotopic (exact) mass is 336 g/mol. The van der Waals surface area contributed by atoms with Crippen LogP contribution >= 0.6 is 11.8 Å². The standard InChI is InChI=1S/C15H16N2O5S/c1-16-15(20)17-12(18)7-21-14(19)13-10(8-23-2)9-5-3-4-6-11(9)22-13/h3-6H,7-8H2,1-2H3,(H2,16,17,18,20). The molecule has 0 unspecified atom stereocenters. The smallest absolute Gasteiger partial charge is 0.375 e. The highest BCUT2D eigenvalue weighted by molar-refractivity contribution is 7.97. The van der Waals surface area contributed by atoms with Gasteiger partial charge in [-0.1, -0.05) is 18.2 Å². The molecule has 0 radical (unpaired) electrons. The van der Waals surface area contributed by atoms with Crippen LogP contribution in [0.2, 0.25) is 0 Å². The fraction of sp³-hybridized carbons (Fsp3) is 0.267. The lowest BCUT2D eigenvalue weighted by Crippen LogP contribution is -2.39. The second-order valence-corrected chi connectivity index (χ2v) is 5.41. The number of carbonyl (C=O) groups is 3. The van der Waals surface area contributed by atoms with E-state index in [-0.39, 0.29) is 5.76 Å². The van der Waals surface area contributed by atoms with Gasteiger partial charge in [0, 0.05) is 23.8 Å². The molecule has 0 aliphatic heterocycles. The van der Waals surface area contributed by atoms with Gasteiger partial charge in [-0.05, 0) is 12.3 Å². The van der Waals surface area contributed by atoms with Gasteiger partial charge in [-0.15, -0.1) is 0 Å².